The minimum absolute atomic E-state index is 0.0689. The number of rotatable bonds is 2. The van der Waals surface area contributed by atoms with Crippen molar-refractivity contribution >= 4 is 11.8 Å². The summed E-state index contributed by atoms with van der Waals surface area (Å²) in [5.41, 5.74) is 1.86. The van der Waals surface area contributed by atoms with E-state index in [9.17, 15) is 9.59 Å². The van der Waals surface area contributed by atoms with E-state index in [0.717, 1.165) is 44.5 Å². The Labute approximate surface area is 154 Å². The van der Waals surface area contributed by atoms with Gasteiger partial charge in [-0.1, -0.05) is 30.3 Å². The van der Waals surface area contributed by atoms with Crippen LogP contribution in [-0.4, -0.2) is 53.3 Å². The van der Waals surface area contributed by atoms with Crippen molar-refractivity contribution in [2.24, 2.45) is 5.41 Å². The van der Waals surface area contributed by atoms with E-state index in [0.29, 0.717) is 5.69 Å². The smallest absolute Gasteiger partial charge is 0.270 e. The molecule has 2 aromatic rings. The number of likely N-dealkylation sites (N-methyl/N-ethyl adjacent to an activating group) is 1. The molecule has 1 aromatic heterocycles. The number of aromatic nitrogens is 1. The predicted molar refractivity (Wildman–Crippen MR) is 99.8 cm³/mol. The van der Waals surface area contributed by atoms with Crippen molar-refractivity contribution in [2.75, 3.05) is 26.7 Å². The Kier molecular flexibility index (Phi) is 4.31. The second kappa shape index (κ2) is 6.63. The van der Waals surface area contributed by atoms with Gasteiger partial charge in [-0.25, -0.2) is 0 Å². The van der Waals surface area contributed by atoms with Crippen LogP contribution in [0.5, 0.6) is 0 Å². The van der Waals surface area contributed by atoms with Gasteiger partial charge in [-0.3, -0.25) is 9.59 Å². The van der Waals surface area contributed by atoms with Gasteiger partial charge in [0.25, 0.3) is 5.91 Å². The standard InChI is InChI=1S/C21H25N3O2/c1-23-15-21(14-17(19(23)25)16-6-3-2-4-7-16)9-12-24(13-10-21)20(26)18-8-5-11-22-18/h2-8,11,17,22H,9-10,12-15H2,1H3/t17-/m0/s1. The highest BCUT2D eigenvalue weighted by atomic mass is 16.2. The lowest BCUT2D eigenvalue weighted by atomic mass is 9.67. The zero-order valence-corrected chi connectivity index (χ0v) is 15.1. The van der Waals surface area contributed by atoms with Gasteiger partial charge in [-0.15, -0.1) is 0 Å². The molecule has 2 fully saturated rings. The van der Waals surface area contributed by atoms with Gasteiger partial charge in [0.1, 0.15) is 5.69 Å². The second-order valence-electron chi connectivity index (χ2n) is 7.74. The van der Waals surface area contributed by atoms with Crippen molar-refractivity contribution in [3.63, 3.8) is 0 Å². The van der Waals surface area contributed by atoms with Crippen LogP contribution in [0.4, 0.5) is 0 Å². The number of hydrogen-bond acceptors (Lipinski definition) is 2. The Morgan fingerprint density at radius 2 is 1.85 bits per heavy atom. The van der Waals surface area contributed by atoms with E-state index in [1.54, 1.807) is 6.20 Å². The molecule has 3 heterocycles. The van der Waals surface area contributed by atoms with E-state index in [1.807, 2.05) is 47.2 Å². The molecule has 1 atom stereocenters. The van der Waals surface area contributed by atoms with E-state index in [1.165, 1.54) is 0 Å². The Bertz CT molecular complexity index is 777. The van der Waals surface area contributed by atoms with Crippen molar-refractivity contribution in [1.82, 2.24) is 14.8 Å². The molecular formula is C21H25N3O2. The highest BCUT2D eigenvalue weighted by Gasteiger charge is 2.45. The molecule has 4 rings (SSSR count). The summed E-state index contributed by atoms with van der Waals surface area (Å²) in [6.07, 6.45) is 4.55. The Balaban J connectivity index is 1.49. The molecule has 2 saturated heterocycles. The number of piperidine rings is 2. The summed E-state index contributed by atoms with van der Waals surface area (Å²) >= 11 is 0. The van der Waals surface area contributed by atoms with Crippen molar-refractivity contribution < 1.29 is 9.59 Å². The lowest BCUT2D eigenvalue weighted by molar-refractivity contribution is -0.139. The number of benzene rings is 1. The summed E-state index contributed by atoms with van der Waals surface area (Å²) in [5.74, 6) is 0.219. The molecule has 0 bridgehead atoms. The van der Waals surface area contributed by atoms with Crippen molar-refractivity contribution in [3.8, 4) is 0 Å². The van der Waals surface area contributed by atoms with Crippen molar-refractivity contribution in [2.45, 2.75) is 25.2 Å². The molecule has 1 spiro atoms. The molecule has 1 N–H and O–H groups in total. The fraction of sp³-hybridized carbons (Fsp3) is 0.429. The third kappa shape index (κ3) is 3.02. The lowest BCUT2D eigenvalue weighted by Crippen LogP contribution is -2.53. The van der Waals surface area contributed by atoms with E-state index >= 15 is 0 Å². The van der Waals surface area contributed by atoms with Gasteiger partial charge in [-0.2, -0.15) is 0 Å². The van der Waals surface area contributed by atoms with Gasteiger partial charge in [0.2, 0.25) is 5.91 Å². The number of carbonyl (C=O) groups excluding carboxylic acids is 2. The fourth-order valence-electron chi connectivity index (χ4n) is 4.56. The quantitative estimate of drug-likeness (QED) is 0.904. The largest absolute Gasteiger partial charge is 0.357 e. The first-order valence-corrected chi connectivity index (χ1v) is 9.31. The molecule has 0 unspecified atom stereocenters. The Morgan fingerprint density at radius 3 is 2.50 bits per heavy atom. The third-order valence-electron chi connectivity index (χ3n) is 6.03. The number of amides is 2. The van der Waals surface area contributed by atoms with Crippen LogP contribution in [0.15, 0.2) is 48.7 Å². The SMILES string of the molecule is CN1CC2(CCN(C(=O)c3ccc[nH]3)CC2)C[C@@H](c2ccccc2)C1=O. The minimum atomic E-state index is -0.0689. The molecule has 2 aliphatic heterocycles. The van der Waals surface area contributed by atoms with Crippen molar-refractivity contribution in [1.29, 1.82) is 0 Å². The molecular weight excluding hydrogens is 326 g/mol. The van der Waals surface area contributed by atoms with Crippen LogP contribution in [0, 0.1) is 5.41 Å². The van der Waals surface area contributed by atoms with E-state index in [4.69, 9.17) is 0 Å². The first-order valence-electron chi connectivity index (χ1n) is 9.31. The molecule has 136 valence electrons. The number of likely N-dealkylation sites (tertiary alicyclic amines) is 2. The lowest BCUT2D eigenvalue weighted by Gasteiger charge is -2.49. The Hall–Kier alpha value is -2.56. The monoisotopic (exact) mass is 351 g/mol. The van der Waals surface area contributed by atoms with E-state index in [-0.39, 0.29) is 23.1 Å². The van der Waals surface area contributed by atoms with E-state index < -0.39 is 0 Å². The maximum Gasteiger partial charge on any atom is 0.270 e. The summed E-state index contributed by atoms with van der Waals surface area (Å²) < 4.78 is 0. The van der Waals surface area contributed by atoms with Crippen LogP contribution < -0.4 is 0 Å². The average Bonchev–Trinajstić information content (AvgIpc) is 3.20. The third-order valence-corrected chi connectivity index (χ3v) is 6.03. The van der Waals surface area contributed by atoms with Crippen LogP contribution >= 0.6 is 0 Å². The van der Waals surface area contributed by atoms with Gasteiger partial charge in [0, 0.05) is 32.9 Å². The summed E-state index contributed by atoms with van der Waals surface area (Å²) in [7, 11) is 1.91. The molecule has 0 aliphatic carbocycles. The highest BCUT2D eigenvalue weighted by molar-refractivity contribution is 5.92. The second-order valence-corrected chi connectivity index (χ2v) is 7.74. The van der Waals surface area contributed by atoms with Crippen LogP contribution in [-0.2, 0) is 4.79 Å². The normalized spacial score (nSPS) is 22.7. The van der Waals surface area contributed by atoms with Crippen LogP contribution in [0.3, 0.4) is 0 Å². The van der Waals surface area contributed by atoms with Crippen LogP contribution in [0.25, 0.3) is 0 Å². The van der Waals surface area contributed by atoms with Gasteiger partial charge in [-0.05, 0) is 42.4 Å². The van der Waals surface area contributed by atoms with Gasteiger partial charge in [0.15, 0.2) is 0 Å². The summed E-state index contributed by atoms with van der Waals surface area (Å²) in [5, 5.41) is 0. The van der Waals surface area contributed by atoms with E-state index in [2.05, 4.69) is 17.1 Å². The first kappa shape index (κ1) is 16.9. The minimum Gasteiger partial charge on any atom is -0.357 e. The summed E-state index contributed by atoms with van der Waals surface area (Å²) in [6.45, 7) is 2.29. The maximum absolute atomic E-state index is 12.7. The number of hydrogen-bond donors (Lipinski definition) is 1. The Morgan fingerprint density at radius 1 is 1.12 bits per heavy atom. The first-order chi connectivity index (χ1) is 12.6. The fourth-order valence-corrected chi connectivity index (χ4v) is 4.56. The van der Waals surface area contributed by atoms with Crippen LogP contribution in [0.1, 0.15) is 41.2 Å². The number of H-pyrrole nitrogens is 1. The number of nitrogens with zero attached hydrogens (tertiary/aromatic N) is 2. The number of nitrogens with one attached hydrogen (secondary N) is 1. The average molecular weight is 351 g/mol. The molecule has 1 aromatic carbocycles. The van der Waals surface area contributed by atoms with Gasteiger partial charge in [0.05, 0.1) is 5.92 Å². The van der Waals surface area contributed by atoms with Crippen LogP contribution in [0.2, 0.25) is 0 Å². The van der Waals surface area contributed by atoms with Gasteiger partial charge >= 0.3 is 0 Å². The van der Waals surface area contributed by atoms with Gasteiger partial charge < -0.3 is 14.8 Å². The molecule has 5 nitrogen and oxygen atoms in total. The highest BCUT2D eigenvalue weighted by Crippen LogP contribution is 2.45. The molecule has 0 saturated carbocycles. The molecule has 2 amide bonds. The number of aromatic amines is 1. The summed E-state index contributed by atoms with van der Waals surface area (Å²) in [4.78, 5) is 32.1. The maximum atomic E-state index is 12.7. The molecule has 0 radical (unpaired) electrons. The topological polar surface area (TPSA) is 56.4 Å². The zero-order chi connectivity index (χ0) is 18.1. The molecule has 26 heavy (non-hydrogen) atoms. The number of carbonyl (C=O) groups is 2. The predicted octanol–water partition coefficient (Wildman–Crippen LogP) is 2.88. The summed E-state index contributed by atoms with van der Waals surface area (Å²) in [6, 6.07) is 13.8. The molecule has 5 heteroatoms. The molecule has 2 aliphatic rings. The van der Waals surface area contributed by atoms with Crippen molar-refractivity contribution in [3.05, 3.63) is 59.9 Å². The zero-order valence-electron chi connectivity index (χ0n) is 15.1.